The zero-order chi connectivity index (χ0) is 15.6. The van der Waals surface area contributed by atoms with E-state index in [0.29, 0.717) is 5.02 Å². The van der Waals surface area contributed by atoms with E-state index in [1.807, 2.05) is 23.3 Å². The molecule has 0 aliphatic carbocycles. The van der Waals surface area contributed by atoms with E-state index in [0.717, 1.165) is 24.4 Å². The summed E-state index contributed by atoms with van der Waals surface area (Å²) in [4.78, 5) is 4.30. The molecule has 1 N–H and O–H groups in total. The average molecular weight is 327 g/mol. The largest absolute Gasteiger partial charge is 0.386 e. The van der Waals surface area contributed by atoms with Crippen molar-refractivity contribution in [3.63, 3.8) is 0 Å². The molecule has 4 heterocycles. The van der Waals surface area contributed by atoms with Gasteiger partial charge in [0.2, 0.25) is 0 Å². The highest BCUT2D eigenvalue weighted by molar-refractivity contribution is 6.31. The number of aliphatic hydroxyl groups is 1. The van der Waals surface area contributed by atoms with Gasteiger partial charge < -0.3 is 9.67 Å². The van der Waals surface area contributed by atoms with Crippen molar-refractivity contribution < 1.29 is 5.11 Å². The molecule has 0 radical (unpaired) electrons. The minimum absolute atomic E-state index is 0.0494. The molecule has 0 bridgehead atoms. The highest BCUT2D eigenvalue weighted by Crippen LogP contribution is 2.49. The third-order valence-electron chi connectivity index (χ3n) is 5.12. The Bertz CT molecular complexity index is 900. The van der Waals surface area contributed by atoms with Crippen LogP contribution < -0.4 is 0 Å². The molecule has 2 aliphatic heterocycles. The van der Waals surface area contributed by atoms with Crippen LogP contribution in [0.1, 0.15) is 29.8 Å². The second kappa shape index (κ2) is 4.69. The van der Waals surface area contributed by atoms with Crippen LogP contribution in [0, 0.1) is 5.92 Å². The molecule has 6 heteroatoms. The van der Waals surface area contributed by atoms with E-state index >= 15 is 0 Å². The van der Waals surface area contributed by atoms with Gasteiger partial charge in [-0.2, -0.15) is 5.10 Å². The van der Waals surface area contributed by atoms with Crippen LogP contribution >= 0.6 is 11.6 Å². The fraction of sp³-hybridized carbons (Fsp3) is 0.294. The number of imidazole rings is 1. The zero-order valence-electron chi connectivity index (χ0n) is 12.3. The summed E-state index contributed by atoms with van der Waals surface area (Å²) in [6, 6.07) is 8.45. The fourth-order valence-electron chi connectivity index (χ4n) is 4.12. The molecule has 2 aliphatic rings. The van der Waals surface area contributed by atoms with Crippen LogP contribution in [0.25, 0.3) is 11.3 Å². The van der Waals surface area contributed by atoms with Gasteiger partial charge in [0.05, 0.1) is 41.2 Å². The molecule has 1 unspecified atom stereocenters. The Kier molecular flexibility index (Phi) is 2.72. The smallest absolute Gasteiger partial charge is 0.102 e. The molecule has 3 atom stereocenters. The SMILES string of the molecule is O[C@@H]1c2c(Cl)cnn2CC[C@H]1C1c2ccccc2-c2cncn21. The number of aliphatic hydroxyl groups excluding tert-OH is 1. The van der Waals surface area contributed by atoms with Gasteiger partial charge in [0.25, 0.3) is 0 Å². The topological polar surface area (TPSA) is 55.9 Å². The second-order valence-electron chi connectivity index (χ2n) is 6.22. The first kappa shape index (κ1) is 13.3. The number of halogens is 1. The third kappa shape index (κ3) is 1.72. The van der Waals surface area contributed by atoms with Gasteiger partial charge in [-0.15, -0.1) is 0 Å². The lowest BCUT2D eigenvalue weighted by molar-refractivity contribution is 0.0526. The van der Waals surface area contributed by atoms with Crippen LogP contribution in [-0.2, 0) is 6.54 Å². The lowest BCUT2D eigenvalue weighted by Gasteiger charge is -2.34. The molecule has 0 saturated carbocycles. The first-order valence-corrected chi connectivity index (χ1v) is 8.14. The first-order valence-electron chi connectivity index (χ1n) is 7.76. The maximum absolute atomic E-state index is 11.0. The molecule has 3 aromatic rings. The monoisotopic (exact) mass is 326 g/mol. The molecule has 0 amide bonds. The van der Waals surface area contributed by atoms with Crippen LogP contribution in [0.3, 0.4) is 0 Å². The number of nitrogens with zero attached hydrogens (tertiary/aromatic N) is 4. The molecule has 2 aromatic heterocycles. The maximum atomic E-state index is 11.0. The number of aromatic nitrogens is 4. The van der Waals surface area contributed by atoms with Crippen molar-refractivity contribution in [2.75, 3.05) is 0 Å². The van der Waals surface area contributed by atoms with Crippen LogP contribution in [-0.4, -0.2) is 24.4 Å². The summed E-state index contributed by atoms with van der Waals surface area (Å²) >= 11 is 6.24. The van der Waals surface area contributed by atoms with Crippen molar-refractivity contribution >= 4 is 11.6 Å². The van der Waals surface area contributed by atoms with Crippen LogP contribution in [0.15, 0.2) is 43.0 Å². The van der Waals surface area contributed by atoms with Crippen molar-refractivity contribution in [3.8, 4) is 11.3 Å². The molecule has 5 nitrogen and oxygen atoms in total. The number of hydrogen-bond donors (Lipinski definition) is 1. The molecular weight excluding hydrogens is 312 g/mol. The van der Waals surface area contributed by atoms with E-state index in [1.54, 1.807) is 6.20 Å². The summed E-state index contributed by atoms with van der Waals surface area (Å²) in [7, 11) is 0. The Morgan fingerprint density at radius 2 is 2.09 bits per heavy atom. The van der Waals surface area contributed by atoms with E-state index < -0.39 is 6.10 Å². The number of benzene rings is 1. The summed E-state index contributed by atoms with van der Waals surface area (Å²) in [6.07, 6.45) is 5.59. The summed E-state index contributed by atoms with van der Waals surface area (Å²) in [5.41, 5.74) is 4.29. The molecule has 23 heavy (non-hydrogen) atoms. The highest BCUT2D eigenvalue weighted by atomic mass is 35.5. The Hall–Kier alpha value is -2.11. The Morgan fingerprint density at radius 3 is 3.00 bits per heavy atom. The van der Waals surface area contributed by atoms with Gasteiger partial charge >= 0.3 is 0 Å². The summed E-state index contributed by atoms with van der Waals surface area (Å²) in [5.74, 6) is 0.0494. The fourth-order valence-corrected chi connectivity index (χ4v) is 4.37. The Balaban J connectivity index is 1.65. The molecule has 0 spiro atoms. The average Bonchev–Trinajstić information content (AvgIpc) is 3.23. The molecular formula is C17H15ClN4O. The molecule has 116 valence electrons. The minimum atomic E-state index is -0.634. The minimum Gasteiger partial charge on any atom is -0.386 e. The number of fused-ring (bicyclic) bond motifs is 4. The van der Waals surface area contributed by atoms with Crippen molar-refractivity contribution in [2.45, 2.75) is 25.1 Å². The van der Waals surface area contributed by atoms with Crippen molar-refractivity contribution in [1.82, 2.24) is 19.3 Å². The number of hydrogen-bond acceptors (Lipinski definition) is 3. The van der Waals surface area contributed by atoms with Crippen molar-refractivity contribution in [1.29, 1.82) is 0 Å². The highest BCUT2D eigenvalue weighted by Gasteiger charge is 2.41. The Labute approximate surface area is 138 Å². The lowest BCUT2D eigenvalue weighted by atomic mass is 9.83. The second-order valence-corrected chi connectivity index (χ2v) is 6.62. The molecule has 1 aromatic carbocycles. The van der Waals surface area contributed by atoms with E-state index in [2.05, 4.69) is 32.8 Å². The van der Waals surface area contributed by atoms with Gasteiger partial charge in [-0.05, 0) is 12.0 Å². The maximum Gasteiger partial charge on any atom is 0.102 e. The predicted octanol–water partition coefficient (Wildman–Crippen LogP) is 3.06. The van der Waals surface area contributed by atoms with E-state index in [1.165, 1.54) is 11.1 Å². The van der Waals surface area contributed by atoms with Gasteiger partial charge in [0.1, 0.15) is 6.10 Å². The summed E-state index contributed by atoms with van der Waals surface area (Å²) in [6.45, 7) is 0.770. The molecule has 0 fully saturated rings. The van der Waals surface area contributed by atoms with E-state index in [9.17, 15) is 5.11 Å². The quantitative estimate of drug-likeness (QED) is 0.747. The summed E-state index contributed by atoms with van der Waals surface area (Å²) in [5, 5.41) is 15.8. The van der Waals surface area contributed by atoms with Crippen LogP contribution in [0.2, 0.25) is 5.02 Å². The van der Waals surface area contributed by atoms with Crippen molar-refractivity contribution in [3.05, 3.63) is 59.3 Å². The van der Waals surface area contributed by atoms with Crippen LogP contribution in [0.5, 0.6) is 0 Å². The standard InChI is InChI=1S/C17H15ClN4O/c18-13-7-20-22-6-5-12(17(23)16(13)22)15-11-4-2-1-3-10(11)14-8-19-9-21(14)15/h1-4,7-9,12,15,17,23H,5-6H2/t12-,15?,17-/m0/s1. The number of rotatable bonds is 1. The Morgan fingerprint density at radius 1 is 1.22 bits per heavy atom. The van der Waals surface area contributed by atoms with E-state index in [-0.39, 0.29) is 12.0 Å². The zero-order valence-corrected chi connectivity index (χ0v) is 13.1. The molecule has 0 saturated heterocycles. The van der Waals surface area contributed by atoms with E-state index in [4.69, 9.17) is 11.6 Å². The van der Waals surface area contributed by atoms with Gasteiger partial charge in [-0.25, -0.2) is 4.98 Å². The van der Waals surface area contributed by atoms with Gasteiger partial charge in [-0.1, -0.05) is 35.9 Å². The first-order chi connectivity index (χ1) is 11.3. The van der Waals surface area contributed by atoms with Gasteiger partial charge in [0.15, 0.2) is 0 Å². The number of aryl methyl sites for hydroxylation is 1. The normalized spacial score (nSPS) is 25.0. The summed E-state index contributed by atoms with van der Waals surface area (Å²) < 4.78 is 4.00. The molecule has 5 rings (SSSR count). The lowest BCUT2D eigenvalue weighted by Crippen LogP contribution is -2.31. The predicted molar refractivity (Wildman–Crippen MR) is 86.1 cm³/mol. The third-order valence-corrected chi connectivity index (χ3v) is 5.41. The van der Waals surface area contributed by atoms with Crippen LogP contribution in [0.4, 0.5) is 0 Å². The van der Waals surface area contributed by atoms with Crippen molar-refractivity contribution in [2.24, 2.45) is 5.92 Å². The van der Waals surface area contributed by atoms with Gasteiger partial charge in [0, 0.05) is 18.0 Å². The van der Waals surface area contributed by atoms with Gasteiger partial charge in [-0.3, -0.25) is 4.68 Å².